The molecule has 0 unspecified atom stereocenters. The Hall–Kier alpha value is -2.47. The summed E-state index contributed by atoms with van der Waals surface area (Å²) < 4.78 is 0. The van der Waals surface area contributed by atoms with Crippen molar-refractivity contribution in [3.05, 3.63) is 52.6 Å². The Morgan fingerprint density at radius 1 is 1.20 bits per heavy atom. The standard InChI is InChI=1S/C19H24N4O2/c1-13(2)17-12-22(3)10-11-23(17)19(25)15-4-5-16(21-18(15)24)14-6-8-20-9-7-14/h4-9,13,17H,10-12H2,1-3H3,(H,21,24)/t17-/m1/s1. The normalized spacial score (nSPS) is 18.6. The van der Waals surface area contributed by atoms with Crippen LogP contribution < -0.4 is 5.56 Å². The molecule has 25 heavy (non-hydrogen) atoms. The van der Waals surface area contributed by atoms with Crippen molar-refractivity contribution >= 4 is 5.91 Å². The third kappa shape index (κ3) is 3.64. The van der Waals surface area contributed by atoms with Gasteiger partial charge in [-0.3, -0.25) is 14.6 Å². The van der Waals surface area contributed by atoms with Crippen molar-refractivity contribution in [3.8, 4) is 11.3 Å². The molecule has 1 atom stereocenters. The van der Waals surface area contributed by atoms with Crippen LogP contribution >= 0.6 is 0 Å². The molecule has 0 radical (unpaired) electrons. The molecule has 3 heterocycles. The van der Waals surface area contributed by atoms with E-state index in [0.29, 0.717) is 18.2 Å². The van der Waals surface area contributed by atoms with Crippen LogP contribution in [0.3, 0.4) is 0 Å². The summed E-state index contributed by atoms with van der Waals surface area (Å²) in [5, 5.41) is 0. The minimum absolute atomic E-state index is 0.116. The second kappa shape index (κ2) is 7.19. The predicted molar refractivity (Wildman–Crippen MR) is 97.5 cm³/mol. The van der Waals surface area contributed by atoms with Crippen LogP contribution in [-0.2, 0) is 0 Å². The van der Waals surface area contributed by atoms with E-state index in [4.69, 9.17) is 0 Å². The van der Waals surface area contributed by atoms with E-state index in [9.17, 15) is 9.59 Å². The fraction of sp³-hybridized carbons (Fsp3) is 0.421. The van der Waals surface area contributed by atoms with Crippen molar-refractivity contribution in [3.63, 3.8) is 0 Å². The van der Waals surface area contributed by atoms with E-state index < -0.39 is 0 Å². The molecule has 1 N–H and O–H groups in total. The van der Waals surface area contributed by atoms with Crippen LogP contribution in [0, 0.1) is 5.92 Å². The van der Waals surface area contributed by atoms with Crippen LogP contribution in [0.4, 0.5) is 0 Å². The smallest absolute Gasteiger partial charge is 0.261 e. The molecule has 2 aromatic heterocycles. The van der Waals surface area contributed by atoms with Crippen molar-refractivity contribution in [2.45, 2.75) is 19.9 Å². The lowest BCUT2D eigenvalue weighted by molar-refractivity contribution is 0.0401. The summed E-state index contributed by atoms with van der Waals surface area (Å²) in [6.07, 6.45) is 3.34. The molecule has 1 aliphatic heterocycles. The highest BCUT2D eigenvalue weighted by Gasteiger charge is 2.32. The number of H-pyrrole nitrogens is 1. The number of amides is 1. The molecule has 0 saturated carbocycles. The van der Waals surface area contributed by atoms with E-state index >= 15 is 0 Å². The fourth-order valence-corrected chi connectivity index (χ4v) is 3.27. The van der Waals surface area contributed by atoms with Gasteiger partial charge in [0.15, 0.2) is 0 Å². The summed E-state index contributed by atoms with van der Waals surface area (Å²) in [4.78, 5) is 36.4. The molecule has 0 aliphatic carbocycles. The molecule has 1 saturated heterocycles. The first kappa shape index (κ1) is 17.4. The molecular formula is C19H24N4O2. The third-order valence-corrected chi connectivity index (χ3v) is 4.78. The number of carbonyl (C=O) groups is 1. The fourth-order valence-electron chi connectivity index (χ4n) is 3.27. The maximum absolute atomic E-state index is 13.0. The zero-order valence-electron chi connectivity index (χ0n) is 14.9. The molecule has 0 aromatic carbocycles. The van der Waals surface area contributed by atoms with Gasteiger partial charge in [-0.2, -0.15) is 0 Å². The summed E-state index contributed by atoms with van der Waals surface area (Å²) in [5.74, 6) is 0.149. The van der Waals surface area contributed by atoms with E-state index in [1.165, 1.54) is 0 Å². The first-order valence-electron chi connectivity index (χ1n) is 8.60. The van der Waals surface area contributed by atoms with E-state index in [1.54, 1.807) is 24.5 Å². The highest BCUT2D eigenvalue weighted by atomic mass is 16.2. The number of piperazine rings is 1. The predicted octanol–water partition coefficient (Wildman–Crippen LogP) is 1.85. The van der Waals surface area contributed by atoms with E-state index in [1.807, 2.05) is 17.0 Å². The molecule has 1 amide bonds. The van der Waals surface area contributed by atoms with E-state index in [2.05, 4.69) is 35.8 Å². The van der Waals surface area contributed by atoms with Crippen LogP contribution in [0.25, 0.3) is 11.3 Å². The van der Waals surface area contributed by atoms with Gasteiger partial charge in [0.1, 0.15) is 5.56 Å². The van der Waals surface area contributed by atoms with Crippen molar-refractivity contribution in [2.75, 3.05) is 26.7 Å². The van der Waals surface area contributed by atoms with Crippen LogP contribution in [-0.4, -0.2) is 58.4 Å². The van der Waals surface area contributed by atoms with Gasteiger partial charge in [0, 0.05) is 49.3 Å². The summed E-state index contributed by atoms with van der Waals surface area (Å²) in [6, 6.07) is 7.17. The lowest BCUT2D eigenvalue weighted by Gasteiger charge is -2.42. The average Bonchev–Trinajstić information content (AvgIpc) is 2.61. The Balaban J connectivity index is 1.88. The van der Waals surface area contributed by atoms with E-state index in [-0.39, 0.29) is 23.1 Å². The Morgan fingerprint density at radius 2 is 1.92 bits per heavy atom. The number of nitrogens with zero attached hydrogens (tertiary/aromatic N) is 3. The Labute approximate surface area is 147 Å². The first-order chi connectivity index (χ1) is 12.0. The summed E-state index contributed by atoms with van der Waals surface area (Å²) in [5.41, 5.74) is 1.40. The number of hydrogen-bond acceptors (Lipinski definition) is 4. The van der Waals surface area contributed by atoms with Crippen molar-refractivity contribution < 1.29 is 4.79 Å². The first-order valence-corrected chi connectivity index (χ1v) is 8.60. The van der Waals surface area contributed by atoms with Gasteiger partial charge in [0.25, 0.3) is 11.5 Å². The largest absolute Gasteiger partial charge is 0.333 e. The summed E-state index contributed by atoms with van der Waals surface area (Å²) >= 11 is 0. The number of aromatic amines is 1. The lowest BCUT2D eigenvalue weighted by atomic mass is 9.98. The number of pyridine rings is 2. The molecule has 3 rings (SSSR count). The van der Waals surface area contributed by atoms with Crippen LogP contribution in [0.15, 0.2) is 41.5 Å². The second-order valence-electron chi connectivity index (χ2n) is 6.92. The molecule has 0 spiro atoms. The van der Waals surface area contributed by atoms with Gasteiger partial charge in [0.05, 0.1) is 0 Å². The molecule has 6 heteroatoms. The molecule has 132 valence electrons. The average molecular weight is 340 g/mol. The Kier molecular flexibility index (Phi) is 4.99. The van der Waals surface area contributed by atoms with Gasteiger partial charge >= 0.3 is 0 Å². The van der Waals surface area contributed by atoms with Gasteiger partial charge < -0.3 is 14.8 Å². The monoisotopic (exact) mass is 340 g/mol. The van der Waals surface area contributed by atoms with Crippen LogP contribution in [0.2, 0.25) is 0 Å². The number of carbonyl (C=O) groups excluding carboxylic acids is 1. The molecule has 1 aliphatic rings. The summed E-state index contributed by atoms with van der Waals surface area (Å²) in [6.45, 7) is 6.52. The van der Waals surface area contributed by atoms with Crippen molar-refractivity contribution in [2.24, 2.45) is 5.92 Å². The minimum Gasteiger partial charge on any atom is -0.333 e. The number of aromatic nitrogens is 2. The minimum atomic E-state index is -0.347. The summed E-state index contributed by atoms with van der Waals surface area (Å²) in [7, 11) is 2.06. The van der Waals surface area contributed by atoms with Gasteiger partial charge in [0.2, 0.25) is 0 Å². The number of rotatable bonds is 3. The Morgan fingerprint density at radius 3 is 2.56 bits per heavy atom. The molecular weight excluding hydrogens is 316 g/mol. The van der Waals surface area contributed by atoms with Crippen LogP contribution in [0.5, 0.6) is 0 Å². The van der Waals surface area contributed by atoms with Gasteiger partial charge in [-0.25, -0.2) is 0 Å². The number of hydrogen-bond donors (Lipinski definition) is 1. The quantitative estimate of drug-likeness (QED) is 0.926. The molecule has 6 nitrogen and oxygen atoms in total. The zero-order valence-corrected chi connectivity index (χ0v) is 14.9. The van der Waals surface area contributed by atoms with Crippen LogP contribution in [0.1, 0.15) is 24.2 Å². The molecule has 2 aromatic rings. The third-order valence-electron chi connectivity index (χ3n) is 4.78. The SMILES string of the molecule is CC(C)[C@H]1CN(C)CCN1C(=O)c1ccc(-c2ccncc2)[nH]c1=O. The highest BCUT2D eigenvalue weighted by Crippen LogP contribution is 2.19. The van der Waals surface area contributed by atoms with E-state index in [0.717, 1.165) is 18.7 Å². The van der Waals surface area contributed by atoms with Crippen molar-refractivity contribution in [1.82, 2.24) is 19.8 Å². The second-order valence-corrected chi connectivity index (χ2v) is 6.92. The lowest BCUT2D eigenvalue weighted by Crippen LogP contribution is -2.56. The topological polar surface area (TPSA) is 69.3 Å². The van der Waals surface area contributed by atoms with Gasteiger partial charge in [-0.05, 0) is 37.2 Å². The molecule has 1 fully saturated rings. The molecule has 0 bridgehead atoms. The number of likely N-dealkylation sites (N-methyl/N-ethyl adjacent to an activating group) is 1. The van der Waals surface area contributed by atoms with Gasteiger partial charge in [-0.1, -0.05) is 13.8 Å². The Bertz CT molecular complexity index is 801. The van der Waals surface area contributed by atoms with Crippen molar-refractivity contribution in [1.29, 1.82) is 0 Å². The maximum Gasteiger partial charge on any atom is 0.261 e. The highest BCUT2D eigenvalue weighted by molar-refractivity contribution is 5.94. The zero-order chi connectivity index (χ0) is 18.0. The number of nitrogens with one attached hydrogen (secondary N) is 1. The van der Waals surface area contributed by atoms with Gasteiger partial charge in [-0.15, -0.1) is 0 Å². The maximum atomic E-state index is 13.0.